The van der Waals surface area contributed by atoms with Gasteiger partial charge in [0.2, 0.25) is 0 Å². The lowest BCUT2D eigenvalue weighted by atomic mass is 10.1. The Kier molecular flexibility index (Phi) is 3.45. The van der Waals surface area contributed by atoms with Crippen LogP contribution in [0.15, 0.2) is 24.5 Å². The maximum absolute atomic E-state index is 13.4. The number of rotatable bonds is 4. The summed E-state index contributed by atoms with van der Waals surface area (Å²) in [4.78, 5) is 15.8. The molecule has 0 radical (unpaired) electrons. The topological polar surface area (TPSA) is 47.8 Å². The Bertz CT molecular complexity index is 580. The molecule has 0 aliphatic carbocycles. The molecule has 0 fully saturated rings. The summed E-state index contributed by atoms with van der Waals surface area (Å²) in [5.74, 6) is -2.23. The van der Waals surface area contributed by atoms with Crippen molar-refractivity contribution in [2.24, 2.45) is 0 Å². The number of Topliss-reactive ketones (excluding diaryl/α,β-unsaturated/α-hetero) is 1. The van der Waals surface area contributed by atoms with E-state index in [1.807, 2.05) is 6.92 Å². The van der Waals surface area contributed by atoms with Gasteiger partial charge in [-0.25, -0.2) is 18.4 Å². The van der Waals surface area contributed by atoms with E-state index in [2.05, 4.69) is 10.1 Å². The zero-order valence-corrected chi connectivity index (χ0v) is 9.73. The molecule has 0 N–H and O–H groups in total. The molecule has 6 heteroatoms. The average molecular weight is 251 g/mol. The summed E-state index contributed by atoms with van der Waals surface area (Å²) < 4.78 is 28.0. The molecule has 0 atom stereocenters. The van der Waals surface area contributed by atoms with Gasteiger partial charge in [-0.1, -0.05) is 6.07 Å². The van der Waals surface area contributed by atoms with Gasteiger partial charge >= 0.3 is 0 Å². The molecule has 1 aromatic carbocycles. The monoisotopic (exact) mass is 251 g/mol. The maximum atomic E-state index is 13.4. The van der Waals surface area contributed by atoms with Crippen LogP contribution < -0.4 is 0 Å². The highest BCUT2D eigenvalue weighted by Crippen LogP contribution is 2.13. The van der Waals surface area contributed by atoms with E-state index in [0.29, 0.717) is 12.4 Å². The first-order chi connectivity index (χ1) is 8.63. The zero-order valence-electron chi connectivity index (χ0n) is 9.73. The van der Waals surface area contributed by atoms with Crippen molar-refractivity contribution in [3.05, 3.63) is 47.5 Å². The van der Waals surface area contributed by atoms with Crippen molar-refractivity contribution in [3.63, 3.8) is 0 Å². The van der Waals surface area contributed by atoms with Gasteiger partial charge in [-0.15, -0.1) is 0 Å². The highest BCUT2D eigenvalue weighted by molar-refractivity contribution is 5.97. The number of ketones is 1. The number of hydrogen-bond acceptors (Lipinski definition) is 3. The Morgan fingerprint density at radius 3 is 2.89 bits per heavy atom. The van der Waals surface area contributed by atoms with Gasteiger partial charge in [0.15, 0.2) is 17.4 Å². The molecule has 1 aromatic heterocycles. The minimum Gasteiger partial charge on any atom is -0.294 e. The molecule has 0 spiro atoms. The first-order valence-electron chi connectivity index (χ1n) is 5.47. The van der Waals surface area contributed by atoms with Gasteiger partial charge in [0.1, 0.15) is 12.2 Å². The van der Waals surface area contributed by atoms with Crippen molar-refractivity contribution in [2.75, 3.05) is 0 Å². The van der Waals surface area contributed by atoms with Gasteiger partial charge in [0, 0.05) is 6.54 Å². The van der Waals surface area contributed by atoms with Gasteiger partial charge in [0.05, 0.1) is 12.0 Å². The third-order valence-electron chi connectivity index (χ3n) is 2.57. The third kappa shape index (κ3) is 2.27. The lowest BCUT2D eigenvalue weighted by Crippen LogP contribution is -2.12. The van der Waals surface area contributed by atoms with E-state index in [1.54, 1.807) is 0 Å². The van der Waals surface area contributed by atoms with Crippen LogP contribution in [-0.2, 0) is 13.0 Å². The largest absolute Gasteiger partial charge is 0.294 e. The van der Waals surface area contributed by atoms with Crippen LogP contribution in [0.1, 0.15) is 23.1 Å². The first kappa shape index (κ1) is 12.3. The molecule has 0 unspecified atom stereocenters. The van der Waals surface area contributed by atoms with Crippen LogP contribution in [0.25, 0.3) is 0 Å². The maximum Gasteiger partial charge on any atom is 0.173 e. The van der Waals surface area contributed by atoms with E-state index in [0.717, 1.165) is 6.07 Å². The number of hydrogen-bond donors (Lipinski definition) is 0. The summed E-state index contributed by atoms with van der Waals surface area (Å²) in [7, 11) is 0. The van der Waals surface area contributed by atoms with E-state index >= 15 is 0 Å². The first-order valence-corrected chi connectivity index (χ1v) is 5.47. The van der Waals surface area contributed by atoms with Gasteiger partial charge in [-0.2, -0.15) is 5.10 Å². The number of aromatic nitrogens is 3. The van der Waals surface area contributed by atoms with E-state index in [9.17, 15) is 13.6 Å². The Morgan fingerprint density at radius 1 is 1.39 bits per heavy atom. The molecule has 0 amide bonds. The summed E-state index contributed by atoms with van der Waals surface area (Å²) in [6, 6.07) is 3.53. The average Bonchev–Trinajstić information content (AvgIpc) is 2.79. The summed E-state index contributed by atoms with van der Waals surface area (Å²) in [5, 5.41) is 3.91. The van der Waals surface area contributed by atoms with Crippen LogP contribution in [0.2, 0.25) is 0 Å². The van der Waals surface area contributed by atoms with E-state index in [1.165, 1.54) is 23.1 Å². The number of nitrogens with zero attached hydrogens (tertiary/aromatic N) is 3. The fourth-order valence-corrected chi connectivity index (χ4v) is 1.65. The fourth-order valence-electron chi connectivity index (χ4n) is 1.65. The Balaban J connectivity index is 2.25. The predicted octanol–water partition coefficient (Wildman–Crippen LogP) is 2.00. The summed E-state index contributed by atoms with van der Waals surface area (Å²) in [6.45, 7) is 2.42. The number of carbonyl (C=O) groups is 1. The molecule has 0 bridgehead atoms. The molecule has 2 rings (SSSR count). The number of aryl methyl sites for hydroxylation is 1. The Hall–Kier alpha value is -2.11. The molecule has 0 saturated carbocycles. The minimum absolute atomic E-state index is 0.103. The molecular weight excluding hydrogens is 240 g/mol. The Morgan fingerprint density at radius 2 is 2.17 bits per heavy atom. The normalized spacial score (nSPS) is 10.6. The SMILES string of the molecule is CCn1ncnc1CC(=O)c1cccc(F)c1F. The van der Waals surface area contributed by atoms with Crippen LogP contribution in [-0.4, -0.2) is 20.5 Å². The van der Waals surface area contributed by atoms with Crippen LogP contribution in [0.3, 0.4) is 0 Å². The highest BCUT2D eigenvalue weighted by Gasteiger charge is 2.17. The zero-order chi connectivity index (χ0) is 13.1. The number of halogens is 2. The van der Waals surface area contributed by atoms with Gasteiger partial charge < -0.3 is 0 Å². The number of carbonyl (C=O) groups excluding carboxylic acids is 1. The van der Waals surface area contributed by atoms with E-state index < -0.39 is 17.4 Å². The number of benzene rings is 1. The van der Waals surface area contributed by atoms with Crippen LogP contribution >= 0.6 is 0 Å². The van der Waals surface area contributed by atoms with Crippen molar-refractivity contribution in [1.82, 2.24) is 14.8 Å². The summed E-state index contributed by atoms with van der Waals surface area (Å²) >= 11 is 0. The van der Waals surface area contributed by atoms with Gasteiger partial charge in [-0.05, 0) is 19.1 Å². The molecule has 2 aromatic rings. The van der Waals surface area contributed by atoms with Gasteiger partial charge in [0.25, 0.3) is 0 Å². The third-order valence-corrected chi connectivity index (χ3v) is 2.57. The van der Waals surface area contributed by atoms with Crippen LogP contribution in [0.5, 0.6) is 0 Å². The molecule has 18 heavy (non-hydrogen) atoms. The van der Waals surface area contributed by atoms with Crippen molar-refractivity contribution >= 4 is 5.78 Å². The smallest absolute Gasteiger partial charge is 0.173 e. The van der Waals surface area contributed by atoms with E-state index in [4.69, 9.17) is 0 Å². The standard InChI is InChI=1S/C12H11F2N3O/c1-2-17-11(15-7-16-17)6-10(18)8-4-3-5-9(13)12(8)14/h3-5,7H,2,6H2,1H3. The van der Waals surface area contributed by atoms with Crippen molar-refractivity contribution < 1.29 is 13.6 Å². The highest BCUT2D eigenvalue weighted by atomic mass is 19.2. The minimum atomic E-state index is -1.12. The van der Waals surface area contributed by atoms with Crippen LogP contribution in [0.4, 0.5) is 8.78 Å². The van der Waals surface area contributed by atoms with E-state index in [-0.39, 0.29) is 12.0 Å². The van der Waals surface area contributed by atoms with Gasteiger partial charge in [-0.3, -0.25) is 4.79 Å². The molecule has 1 heterocycles. The van der Waals surface area contributed by atoms with Crippen molar-refractivity contribution in [3.8, 4) is 0 Å². The van der Waals surface area contributed by atoms with Crippen molar-refractivity contribution in [1.29, 1.82) is 0 Å². The quantitative estimate of drug-likeness (QED) is 0.781. The Labute approximate surface area is 102 Å². The predicted molar refractivity (Wildman–Crippen MR) is 60.1 cm³/mol. The second kappa shape index (κ2) is 5.03. The van der Waals surface area contributed by atoms with Crippen molar-refractivity contribution in [2.45, 2.75) is 19.9 Å². The molecule has 0 saturated heterocycles. The molecule has 4 nitrogen and oxygen atoms in total. The molecular formula is C12H11F2N3O. The lowest BCUT2D eigenvalue weighted by Gasteiger charge is -2.04. The molecule has 0 aliphatic heterocycles. The fraction of sp³-hybridized carbons (Fsp3) is 0.250. The molecule has 94 valence electrons. The summed E-state index contributed by atoms with van der Waals surface area (Å²) in [6.07, 6.45) is 1.22. The molecule has 0 aliphatic rings. The second-order valence-corrected chi connectivity index (χ2v) is 3.69. The van der Waals surface area contributed by atoms with Crippen LogP contribution in [0, 0.1) is 11.6 Å². The second-order valence-electron chi connectivity index (χ2n) is 3.69. The lowest BCUT2D eigenvalue weighted by molar-refractivity contribution is 0.0984. The summed E-state index contributed by atoms with van der Waals surface area (Å²) in [5.41, 5.74) is -0.263.